The SMILES string of the molecule is CCOc1ccc(N)cc1C(=O)NN. The van der Waals surface area contributed by atoms with E-state index in [1.165, 1.54) is 6.07 Å². The normalized spacial score (nSPS) is 9.57. The number of carbonyl (C=O) groups is 1. The molecule has 0 aliphatic heterocycles. The minimum absolute atomic E-state index is 0.342. The van der Waals surface area contributed by atoms with E-state index in [4.69, 9.17) is 16.3 Å². The minimum Gasteiger partial charge on any atom is -0.493 e. The van der Waals surface area contributed by atoms with E-state index in [1.807, 2.05) is 12.3 Å². The highest BCUT2D eigenvalue weighted by Gasteiger charge is 2.11. The largest absolute Gasteiger partial charge is 0.493 e. The van der Waals surface area contributed by atoms with Crippen molar-refractivity contribution < 1.29 is 9.53 Å². The van der Waals surface area contributed by atoms with Gasteiger partial charge >= 0.3 is 0 Å². The Morgan fingerprint density at radius 3 is 2.86 bits per heavy atom. The fraction of sp³-hybridized carbons (Fsp3) is 0.222. The molecule has 0 saturated heterocycles. The molecule has 0 heterocycles. The number of benzene rings is 1. The molecule has 1 amide bonds. The highest BCUT2D eigenvalue weighted by Crippen LogP contribution is 2.21. The van der Waals surface area contributed by atoms with Crippen LogP contribution >= 0.6 is 0 Å². The van der Waals surface area contributed by atoms with E-state index >= 15 is 0 Å². The molecule has 5 nitrogen and oxygen atoms in total. The monoisotopic (exact) mass is 195 g/mol. The lowest BCUT2D eigenvalue weighted by atomic mass is 10.1. The van der Waals surface area contributed by atoms with Crippen molar-refractivity contribution in [2.75, 3.05) is 12.3 Å². The van der Waals surface area contributed by atoms with Gasteiger partial charge in [0.2, 0.25) is 0 Å². The van der Waals surface area contributed by atoms with Crippen LogP contribution in [0.3, 0.4) is 0 Å². The molecular weight excluding hydrogens is 182 g/mol. The lowest BCUT2D eigenvalue weighted by Gasteiger charge is -2.09. The molecule has 5 N–H and O–H groups in total. The number of carbonyl (C=O) groups excluding carboxylic acids is 1. The van der Waals surface area contributed by atoms with Crippen molar-refractivity contribution in [2.24, 2.45) is 5.84 Å². The van der Waals surface area contributed by atoms with E-state index in [1.54, 1.807) is 12.1 Å². The standard InChI is InChI=1S/C9H13N3O2/c1-2-14-8-4-3-6(10)5-7(8)9(13)12-11/h3-5H,2,10-11H2,1H3,(H,12,13). The Bertz CT molecular complexity index is 339. The third kappa shape index (κ3) is 2.14. The fourth-order valence-corrected chi connectivity index (χ4v) is 1.08. The van der Waals surface area contributed by atoms with Crippen molar-refractivity contribution in [3.05, 3.63) is 23.8 Å². The summed E-state index contributed by atoms with van der Waals surface area (Å²) in [4.78, 5) is 11.3. The third-order valence-electron chi connectivity index (χ3n) is 1.68. The molecule has 0 spiro atoms. The second-order valence-electron chi connectivity index (χ2n) is 2.66. The number of ether oxygens (including phenoxy) is 1. The third-order valence-corrected chi connectivity index (χ3v) is 1.68. The minimum atomic E-state index is -0.416. The van der Waals surface area contributed by atoms with Gasteiger partial charge in [-0.1, -0.05) is 0 Å². The molecule has 0 aromatic heterocycles. The summed E-state index contributed by atoms with van der Waals surface area (Å²) >= 11 is 0. The molecule has 1 aromatic rings. The first-order valence-corrected chi connectivity index (χ1v) is 4.22. The predicted octanol–water partition coefficient (Wildman–Crippen LogP) is 0.271. The van der Waals surface area contributed by atoms with Gasteiger partial charge in [-0.25, -0.2) is 5.84 Å². The average molecular weight is 195 g/mol. The predicted molar refractivity (Wildman–Crippen MR) is 53.7 cm³/mol. The maximum Gasteiger partial charge on any atom is 0.269 e. The summed E-state index contributed by atoms with van der Waals surface area (Å²) in [6.45, 7) is 2.31. The van der Waals surface area contributed by atoms with Crippen molar-refractivity contribution in [3.63, 3.8) is 0 Å². The summed E-state index contributed by atoms with van der Waals surface area (Å²) in [6.07, 6.45) is 0. The first kappa shape index (κ1) is 10.3. The summed E-state index contributed by atoms with van der Waals surface area (Å²) in [6, 6.07) is 4.83. The summed E-state index contributed by atoms with van der Waals surface area (Å²) in [7, 11) is 0. The maximum absolute atomic E-state index is 11.3. The number of anilines is 1. The van der Waals surface area contributed by atoms with Gasteiger partial charge in [-0.3, -0.25) is 10.2 Å². The molecular formula is C9H13N3O2. The second-order valence-corrected chi connectivity index (χ2v) is 2.66. The van der Waals surface area contributed by atoms with Crippen LogP contribution < -0.4 is 21.7 Å². The van der Waals surface area contributed by atoms with Gasteiger partial charge in [0.25, 0.3) is 5.91 Å². The summed E-state index contributed by atoms with van der Waals surface area (Å²) in [5.41, 5.74) is 8.41. The smallest absolute Gasteiger partial charge is 0.269 e. The van der Waals surface area contributed by atoms with Crippen molar-refractivity contribution in [3.8, 4) is 5.75 Å². The van der Waals surface area contributed by atoms with E-state index in [9.17, 15) is 4.79 Å². The Kier molecular flexibility index (Phi) is 3.30. The van der Waals surface area contributed by atoms with Gasteiger partial charge in [0.1, 0.15) is 5.75 Å². The molecule has 0 saturated carbocycles. The Labute approximate surface area is 82.0 Å². The van der Waals surface area contributed by atoms with Crippen LogP contribution in [0, 0.1) is 0 Å². The molecule has 0 atom stereocenters. The zero-order valence-corrected chi connectivity index (χ0v) is 7.91. The van der Waals surface area contributed by atoms with Crippen molar-refractivity contribution in [1.82, 2.24) is 5.43 Å². The number of nitrogens with two attached hydrogens (primary N) is 2. The van der Waals surface area contributed by atoms with Crippen molar-refractivity contribution >= 4 is 11.6 Å². The van der Waals surface area contributed by atoms with E-state index in [2.05, 4.69) is 0 Å². The van der Waals surface area contributed by atoms with Crippen LogP contribution in [0.15, 0.2) is 18.2 Å². The maximum atomic E-state index is 11.3. The van der Waals surface area contributed by atoms with Crippen molar-refractivity contribution in [1.29, 1.82) is 0 Å². The zero-order valence-electron chi connectivity index (χ0n) is 7.91. The number of nitrogen functional groups attached to an aromatic ring is 2. The molecule has 0 bridgehead atoms. The Morgan fingerprint density at radius 1 is 1.57 bits per heavy atom. The van der Waals surface area contributed by atoms with E-state index in [0.29, 0.717) is 23.6 Å². The van der Waals surface area contributed by atoms with Crippen LogP contribution in [-0.2, 0) is 0 Å². The lowest BCUT2D eigenvalue weighted by molar-refractivity contribution is 0.0950. The van der Waals surface area contributed by atoms with Gasteiger partial charge in [0.05, 0.1) is 12.2 Å². The molecule has 5 heteroatoms. The summed E-state index contributed by atoms with van der Waals surface area (Å²) < 4.78 is 5.24. The van der Waals surface area contributed by atoms with Crippen LogP contribution in [0.5, 0.6) is 5.75 Å². The quantitative estimate of drug-likeness (QED) is 0.279. The molecule has 14 heavy (non-hydrogen) atoms. The number of amides is 1. The van der Waals surface area contributed by atoms with Gasteiger partial charge in [0.15, 0.2) is 0 Å². The van der Waals surface area contributed by atoms with Crippen LogP contribution in [0.25, 0.3) is 0 Å². The van der Waals surface area contributed by atoms with E-state index in [-0.39, 0.29) is 0 Å². The number of rotatable bonds is 3. The highest BCUT2D eigenvalue weighted by molar-refractivity contribution is 5.97. The molecule has 0 aliphatic rings. The topological polar surface area (TPSA) is 90.4 Å². The van der Waals surface area contributed by atoms with Crippen LogP contribution in [0.4, 0.5) is 5.69 Å². The lowest BCUT2D eigenvalue weighted by Crippen LogP contribution is -2.30. The highest BCUT2D eigenvalue weighted by atomic mass is 16.5. The number of hydrogen-bond donors (Lipinski definition) is 3. The Morgan fingerprint density at radius 2 is 2.29 bits per heavy atom. The van der Waals surface area contributed by atoms with Gasteiger partial charge in [-0.15, -0.1) is 0 Å². The van der Waals surface area contributed by atoms with Crippen LogP contribution in [-0.4, -0.2) is 12.5 Å². The Hall–Kier alpha value is -1.75. The van der Waals surface area contributed by atoms with Crippen LogP contribution in [0.2, 0.25) is 0 Å². The van der Waals surface area contributed by atoms with Gasteiger partial charge in [0, 0.05) is 5.69 Å². The second kappa shape index (κ2) is 4.48. The first-order valence-electron chi connectivity index (χ1n) is 4.22. The van der Waals surface area contributed by atoms with Gasteiger partial charge < -0.3 is 10.5 Å². The molecule has 0 unspecified atom stereocenters. The van der Waals surface area contributed by atoms with Crippen LogP contribution in [0.1, 0.15) is 17.3 Å². The molecule has 0 radical (unpaired) electrons. The summed E-state index contributed by atoms with van der Waals surface area (Å²) in [5.74, 6) is 5.08. The molecule has 0 aliphatic carbocycles. The van der Waals surface area contributed by atoms with Gasteiger partial charge in [-0.2, -0.15) is 0 Å². The molecule has 1 rings (SSSR count). The van der Waals surface area contributed by atoms with E-state index < -0.39 is 5.91 Å². The zero-order chi connectivity index (χ0) is 10.6. The molecule has 76 valence electrons. The van der Waals surface area contributed by atoms with E-state index in [0.717, 1.165) is 0 Å². The Balaban J connectivity index is 3.08. The number of hydrazine groups is 1. The molecule has 0 fully saturated rings. The average Bonchev–Trinajstić information content (AvgIpc) is 2.20. The fourth-order valence-electron chi connectivity index (χ4n) is 1.08. The summed E-state index contributed by atoms with van der Waals surface area (Å²) in [5, 5.41) is 0. The first-order chi connectivity index (χ1) is 6.69. The van der Waals surface area contributed by atoms with Gasteiger partial charge in [-0.05, 0) is 25.1 Å². The number of hydrogen-bond acceptors (Lipinski definition) is 4. The number of nitrogens with one attached hydrogen (secondary N) is 1. The van der Waals surface area contributed by atoms with Crippen molar-refractivity contribution in [2.45, 2.75) is 6.92 Å². The molecule has 1 aromatic carbocycles.